The number of halogens is 1. The van der Waals surface area contributed by atoms with Gasteiger partial charge in [-0.25, -0.2) is 0 Å². The van der Waals surface area contributed by atoms with Gasteiger partial charge in [-0.15, -0.1) is 0 Å². The van der Waals surface area contributed by atoms with Crippen LogP contribution in [0, 0.1) is 0 Å². The molecule has 1 heterocycles. The Labute approximate surface area is 176 Å². The molecule has 0 aromatic heterocycles. The first-order valence-corrected chi connectivity index (χ1v) is 9.83. The Morgan fingerprint density at radius 2 is 1.62 bits per heavy atom. The average Bonchev–Trinajstić information content (AvgIpc) is 2.77. The van der Waals surface area contributed by atoms with Crippen LogP contribution in [0.15, 0.2) is 36.4 Å². The maximum absolute atomic E-state index is 12.9. The van der Waals surface area contributed by atoms with Crippen molar-refractivity contribution in [3.8, 4) is 17.2 Å². The van der Waals surface area contributed by atoms with Gasteiger partial charge in [-0.2, -0.15) is 0 Å². The van der Waals surface area contributed by atoms with Crippen LogP contribution in [0.5, 0.6) is 17.2 Å². The van der Waals surface area contributed by atoms with E-state index in [2.05, 4.69) is 5.32 Å². The third-order valence-corrected chi connectivity index (χ3v) is 5.67. The van der Waals surface area contributed by atoms with E-state index < -0.39 is 0 Å². The van der Waals surface area contributed by atoms with Gasteiger partial charge >= 0.3 is 0 Å². The molecule has 29 heavy (non-hydrogen) atoms. The number of nitrogens with one attached hydrogen (secondary N) is 1. The van der Waals surface area contributed by atoms with Crippen molar-refractivity contribution in [1.29, 1.82) is 0 Å². The molecular weight excluding hydrogens is 394 g/mol. The Kier molecular flexibility index (Phi) is 6.87. The van der Waals surface area contributed by atoms with E-state index in [0.29, 0.717) is 47.6 Å². The maximum Gasteiger partial charge on any atom is 0.251 e. The lowest BCUT2D eigenvalue weighted by molar-refractivity contribution is 0.0487. The fourth-order valence-electron chi connectivity index (χ4n) is 3.70. The molecule has 1 fully saturated rings. The number of ether oxygens (including phenoxy) is 4. The van der Waals surface area contributed by atoms with E-state index in [9.17, 15) is 4.79 Å². The Bertz CT molecular complexity index is 822. The highest BCUT2D eigenvalue weighted by Gasteiger charge is 2.35. The second-order valence-electron chi connectivity index (χ2n) is 7.00. The van der Waals surface area contributed by atoms with Crippen LogP contribution in [0.2, 0.25) is 5.02 Å². The molecule has 0 aliphatic carbocycles. The zero-order valence-corrected chi connectivity index (χ0v) is 17.7. The van der Waals surface area contributed by atoms with Gasteiger partial charge in [-0.1, -0.05) is 23.7 Å². The van der Waals surface area contributed by atoms with E-state index in [1.54, 1.807) is 12.1 Å². The molecule has 6 nitrogen and oxygen atoms in total. The summed E-state index contributed by atoms with van der Waals surface area (Å²) in [6.07, 6.45) is 1.65. The smallest absolute Gasteiger partial charge is 0.251 e. The minimum absolute atomic E-state index is 0.195. The molecule has 0 unspecified atom stereocenters. The lowest BCUT2D eigenvalue weighted by Gasteiger charge is -2.38. The fourth-order valence-corrected chi connectivity index (χ4v) is 3.82. The second kappa shape index (κ2) is 9.37. The number of hydrogen-bond donors (Lipinski definition) is 1. The van der Waals surface area contributed by atoms with Crippen LogP contribution in [-0.2, 0) is 10.2 Å². The van der Waals surface area contributed by atoms with Gasteiger partial charge in [0, 0.05) is 35.8 Å². The van der Waals surface area contributed by atoms with E-state index >= 15 is 0 Å². The van der Waals surface area contributed by atoms with E-state index in [-0.39, 0.29) is 11.3 Å². The van der Waals surface area contributed by atoms with Crippen LogP contribution in [-0.4, -0.2) is 47.0 Å². The van der Waals surface area contributed by atoms with Crippen molar-refractivity contribution in [3.05, 3.63) is 52.5 Å². The summed E-state index contributed by atoms with van der Waals surface area (Å²) in [4.78, 5) is 12.9. The van der Waals surface area contributed by atoms with Crippen LogP contribution in [0.25, 0.3) is 0 Å². The first-order valence-electron chi connectivity index (χ1n) is 9.45. The Balaban J connectivity index is 1.83. The van der Waals surface area contributed by atoms with E-state index in [0.717, 1.165) is 18.4 Å². The van der Waals surface area contributed by atoms with Gasteiger partial charge in [0.05, 0.1) is 21.3 Å². The molecule has 156 valence electrons. The molecule has 1 aliphatic rings. The molecular formula is C22H26ClNO5. The van der Waals surface area contributed by atoms with Crippen molar-refractivity contribution < 1.29 is 23.7 Å². The molecule has 7 heteroatoms. The van der Waals surface area contributed by atoms with Crippen molar-refractivity contribution in [1.82, 2.24) is 5.32 Å². The topological polar surface area (TPSA) is 66.0 Å². The summed E-state index contributed by atoms with van der Waals surface area (Å²) in [5.41, 5.74) is 1.40. The summed E-state index contributed by atoms with van der Waals surface area (Å²) in [5, 5.41) is 3.78. The van der Waals surface area contributed by atoms with Crippen LogP contribution in [0.3, 0.4) is 0 Å². The lowest BCUT2D eigenvalue weighted by atomic mass is 9.74. The third-order valence-electron chi connectivity index (χ3n) is 5.42. The number of benzene rings is 2. The number of methoxy groups -OCH3 is 3. The predicted molar refractivity (Wildman–Crippen MR) is 112 cm³/mol. The van der Waals surface area contributed by atoms with Gasteiger partial charge in [-0.3, -0.25) is 4.79 Å². The van der Waals surface area contributed by atoms with Gasteiger partial charge < -0.3 is 24.3 Å². The Morgan fingerprint density at radius 3 is 2.14 bits per heavy atom. The standard InChI is InChI=1S/C22H26ClNO5/c1-26-18-12-15(13-19(27-2)20(18)28-3)21(25)24-14-22(8-10-29-11-9-22)16-4-6-17(23)7-5-16/h4-7,12-13H,8-11,14H2,1-3H3,(H,24,25). The van der Waals surface area contributed by atoms with E-state index in [1.807, 2.05) is 24.3 Å². The molecule has 2 aromatic rings. The molecule has 0 spiro atoms. The van der Waals surface area contributed by atoms with Crippen molar-refractivity contribution >= 4 is 17.5 Å². The second-order valence-corrected chi connectivity index (χ2v) is 7.43. The van der Waals surface area contributed by atoms with Crippen LogP contribution in [0.4, 0.5) is 0 Å². The number of hydrogen-bond acceptors (Lipinski definition) is 5. The molecule has 0 atom stereocenters. The summed E-state index contributed by atoms with van der Waals surface area (Å²) in [7, 11) is 4.58. The SMILES string of the molecule is COc1cc(C(=O)NCC2(c3ccc(Cl)cc3)CCOCC2)cc(OC)c1OC. The van der Waals surface area contributed by atoms with Gasteiger partial charge in [0.1, 0.15) is 0 Å². The molecule has 0 radical (unpaired) electrons. The number of carbonyl (C=O) groups is 1. The number of carbonyl (C=O) groups excluding carboxylic acids is 1. The van der Waals surface area contributed by atoms with Crippen LogP contribution < -0.4 is 19.5 Å². The normalized spacial score (nSPS) is 15.4. The summed E-state index contributed by atoms with van der Waals surface area (Å²) in [5.74, 6) is 1.13. The minimum Gasteiger partial charge on any atom is -0.493 e. The molecule has 3 rings (SSSR count). The van der Waals surface area contributed by atoms with Gasteiger partial charge in [0.25, 0.3) is 5.91 Å². The Hall–Kier alpha value is -2.44. The summed E-state index contributed by atoms with van der Waals surface area (Å²) in [6, 6.07) is 11.1. The maximum atomic E-state index is 12.9. The molecule has 0 saturated carbocycles. The minimum atomic E-state index is -0.205. The quantitative estimate of drug-likeness (QED) is 0.738. The molecule has 2 aromatic carbocycles. The highest BCUT2D eigenvalue weighted by molar-refractivity contribution is 6.30. The fraction of sp³-hybridized carbons (Fsp3) is 0.409. The van der Waals surface area contributed by atoms with Gasteiger partial charge in [0.2, 0.25) is 5.75 Å². The number of amides is 1. The monoisotopic (exact) mass is 419 g/mol. The highest BCUT2D eigenvalue weighted by atomic mass is 35.5. The van der Waals surface area contributed by atoms with E-state index in [1.165, 1.54) is 21.3 Å². The van der Waals surface area contributed by atoms with Gasteiger partial charge in [0.15, 0.2) is 11.5 Å². The summed E-state index contributed by atoms with van der Waals surface area (Å²) < 4.78 is 21.6. The van der Waals surface area contributed by atoms with E-state index in [4.69, 9.17) is 30.5 Å². The molecule has 1 aliphatic heterocycles. The van der Waals surface area contributed by atoms with Crippen LogP contribution in [0.1, 0.15) is 28.8 Å². The van der Waals surface area contributed by atoms with Gasteiger partial charge in [-0.05, 0) is 42.7 Å². The molecule has 1 N–H and O–H groups in total. The zero-order chi connectivity index (χ0) is 20.9. The van der Waals surface area contributed by atoms with Crippen molar-refractivity contribution in [2.24, 2.45) is 0 Å². The summed E-state index contributed by atoms with van der Waals surface area (Å²) >= 11 is 6.06. The van der Waals surface area contributed by atoms with Crippen LogP contribution >= 0.6 is 11.6 Å². The molecule has 1 saturated heterocycles. The number of rotatable bonds is 7. The first-order chi connectivity index (χ1) is 14.0. The van der Waals surface area contributed by atoms with Crippen molar-refractivity contribution in [2.75, 3.05) is 41.1 Å². The lowest BCUT2D eigenvalue weighted by Crippen LogP contribution is -2.44. The average molecular weight is 420 g/mol. The first kappa shape index (κ1) is 21.3. The predicted octanol–water partition coefficient (Wildman–Crippen LogP) is 3.84. The largest absolute Gasteiger partial charge is 0.493 e. The zero-order valence-electron chi connectivity index (χ0n) is 16.9. The Morgan fingerprint density at radius 1 is 1.03 bits per heavy atom. The molecule has 0 bridgehead atoms. The highest BCUT2D eigenvalue weighted by Crippen LogP contribution is 2.38. The summed E-state index contributed by atoms with van der Waals surface area (Å²) in [6.45, 7) is 1.80. The van der Waals surface area contributed by atoms with Crippen molar-refractivity contribution in [2.45, 2.75) is 18.3 Å². The van der Waals surface area contributed by atoms with Crippen molar-refractivity contribution in [3.63, 3.8) is 0 Å². The molecule has 1 amide bonds. The third kappa shape index (κ3) is 4.60.